The molecule has 3 heteroatoms. The monoisotopic (exact) mass is 277 g/mol. The smallest absolute Gasteiger partial charge is 0.119 e. The van der Waals surface area contributed by atoms with Crippen LogP contribution in [-0.2, 0) is 4.74 Å². The van der Waals surface area contributed by atoms with Crippen molar-refractivity contribution in [1.29, 1.82) is 0 Å². The molecular weight excluding hydrogens is 250 g/mol. The van der Waals surface area contributed by atoms with E-state index in [2.05, 4.69) is 24.4 Å². The van der Waals surface area contributed by atoms with Gasteiger partial charge in [0.25, 0.3) is 0 Å². The number of rotatable bonds is 8. The van der Waals surface area contributed by atoms with E-state index in [0.29, 0.717) is 6.10 Å². The van der Waals surface area contributed by atoms with Crippen molar-refractivity contribution >= 4 is 0 Å². The molecule has 1 N–H and O–H groups in total. The van der Waals surface area contributed by atoms with Crippen molar-refractivity contribution in [3.8, 4) is 5.75 Å². The molecule has 0 aliphatic heterocycles. The van der Waals surface area contributed by atoms with Crippen molar-refractivity contribution in [2.24, 2.45) is 0 Å². The molecule has 0 heterocycles. The molecule has 1 saturated carbocycles. The molecule has 0 spiro atoms. The quantitative estimate of drug-likeness (QED) is 0.786. The third kappa shape index (κ3) is 4.50. The van der Waals surface area contributed by atoms with Gasteiger partial charge in [-0.3, -0.25) is 0 Å². The Labute approximate surface area is 122 Å². The third-order valence-corrected chi connectivity index (χ3v) is 3.94. The normalized spacial score (nSPS) is 17.3. The van der Waals surface area contributed by atoms with Gasteiger partial charge in [-0.15, -0.1) is 0 Å². The van der Waals surface area contributed by atoms with E-state index in [4.69, 9.17) is 9.47 Å². The van der Waals surface area contributed by atoms with Gasteiger partial charge in [0.05, 0.1) is 25.9 Å². The molecule has 112 valence electrons. The van der Waals surface area contributed by atoms with Crippen LogP contribution in [0.15, 0.2) is 24.3 Å². The molecule has 0 bridgehead atoms. The van der Waals surface area contributed by atoms with Gasteiger partial charge in [0, 0.05) is 0 Å². The van der Waals surface area contributed by atoms with Gasteiger partial charge in [-0.25, -0.2) is 0 Å². The Balaban J connectivity index is 1.97. The summed E-state index contributed by atoms with van der Waals surface area (Å²) in [4.78, 5) is 0. The van der Waals surface area contributed by atoms with Gasteiger partial charge < -0.3 is 14.8 Å². The first-order valence-electron chi connectivity index (χ1n) is 7.82. The highest BCUT2D eigenvalue weighted by Gasteiger charge is 2.18. The van der Waals surface area contributed by atoms with Gasteiger partial charge >= 0.3 is 0 Å². The topological polar surface area (TPSA) is 30.5 Å². The Bertz CT molecular complexity index is 388. The largest absolute Gasteiger partial charge is 0.497 e. The molecule has 1 unspecified atom stereocenters. The number of hydrogen-bond acceptors (Lipinski definition) is 3. The van der Waals surface area contributed by atoms with Crippen LogP contribution in [0.4, 0.5) is 0 Å². The Morgan fingerprint density at radius 2 is 2.10 bits per heavy atom. The summed E-state index contributed by atoms with van der Waals surface area (Å²) in [7, 11) is 1.71. The molecule has 3 nitrogen and oxygen atoms in total. The summed E-state index contributed by atoms with van der Waals surface area (Å²) in [6.07, 6.45) is 6.67. The molecular formula is C17H27NO2. The van der Waals surface area contributed by atoms with Gasteiger partial charge in [0.1, 0.15) is 5.75 Å². The van der Waals surface area contributed by atoms with Crippen LogP contribution in [0.1, 0.15) is 50.6 Å². The Morgan fingerprint density at radius 3 is 2.80 bits per heavy atom. The maximum atomic E-state index is 6.09. The number of hydrogen-bond donors (Lipinski definition) is 1. The summed E-state index contributed by atoms with van der Waals surface area (Å²) >= 11 is 0. The molecule has 0 amide bonds. The fourth-order valence-corrected chi connectivity index (χ4v) is 2.74. The second kappa shape index (κ2) is 8.28. The predicted molar refractivity (Wildman–Crippen MR) is 82.2 cm³/mol. The van der Waals surface area contributed by atoms with E-state index in [1.54, 1.807) is 7.11 Å². The van der Waals surface area contributed by atoms with Crippen LogP contribution in [0, 0.1) is 0 Å². The highest BCUT2D eigenvalue weighted by molar-refractivity contribution is 5.30. The summed E-state index contributed by atoms with van der Waals surface area (Å²) in [6.45, 7) is 3.95. The van der Waals surface area contributed by atoms with Crippen molar-refractivity contribution in [2.75, 3.05) is 20.3 Å². The standard InChI is InChI=1S/C17H27NO2/c1-3-11-18-17(13-20-15-8-4-5-9-15)14-7-6-10-16(12-14)19-2/h6-7,10,12,15,17-18H,3-5,8-9,11,13H2,1-2H3. The molecule has 0 radical (unpaired) electrons. The van der Waals surface area contributed by atoms with Crippen LogP contribution < -0.4 is 10.1 Å². The van der Waals surface area contributed by atoms with Crippen molar-refractivity contribution in [1.82, 2.24) is 5.32 Å². The maximum absolute atomic E-state index is 6.09. The molecule has 0 aromatic heterocycles. The molecule has 1 aliphatic carbocycles. The zero-order valence-electron chi connectivity index (χ0n) is 12.7. The lowest BCUT2D eigenvalue weighted by molar-refractivity contribution is 0.0425. The van der Waals surface area contributed by atoms with Crippen LogP contribution >= 0.6 is 0 Å². The van der Waals surface area contributed by atoms with Gasteiger partial charge in [-0.2, -0.15) is 0 Å². The molecule has 2 rings (SSSR count). The summed E-state index contributed by atoms with van der Waals surface area (Å²) < 4.78 is 11.4. The van der Waals surface area contributed by atoms with E-state index in [-0.39, 0.29) is 6.04 Å². The van der Waals surface area contributed by atoms with Crippen LogP contribution in [0.25, 0.3) is 0 Å². The number of ether oxygens (including phenoxy) is 2. The maximum Gasteiger partial charge on any atom is 0.119 e. The van der Waals surface area contributed by atoms with Gasteiger partial charge in [-0.1, -0.05) is 31.9 Å². The molecule has 1 aliphatic rings. The fourth-order valence-electron chi connectivity index (χ4n) is 2.74. The van der Waals surface area contributed by atoms with E-state index in [9.17, 15) is 0 Å². The summed E-state index contributed by atoms with van der Waals surface area (Å²) in [5.41, 5.74) is 1.25. The first kappa shape index (κ1) is 15.3. The van der Waals surface area contributed by atoms with Crippen molar-refractivity contribution < 1.29 is 9.47 Å². The van der Waals surface area contributed by atoms with Crippen LogP contribution in [0.3, 0.4) is 0 Å². The minimum atomic E-state index is 0.255. The van der Waals surface area contributed by atoms with Gasteiger partial charge in [0.15, 0.2) is 0 Å². The Hall–Kier alpha value is -1.06. The van der Waals surface area contributed by atoms with Crippen molar-refractivity contribution in [3.05, 3.63) is 29.8 Å². The SMILES string of the molecule is CCCNC(COC1CCCC1)c1cccc(OC)c1. The van der Waals surface area contributed by atoms with Gasteiger partial charge in [-0.05, 0) is 43.5 Å². The van der Waals surface area contributed by atoms with E-state index in [1.165, 1.54) is 31.2 Å². The van der Waals surface area contributed by atoms with Gasteiger partial charge in [0.2, 0.25) is 0 Å². The second-order valence-electron chi connectivity index (χ2n) is 5.52. The fraction of sp³-hybridized carbons (Fsp3) is 0.647. The van der Waals surface area contributed by atoms with Crippen LogP contribution in [0.2, 0.25) is 0 Å². The summed E-state index contributed by atoms with van der Waals surface area (Å²) in [6, 6.07) is 8.53. The van der Waals surface area contributed by atoms with Crippen LogP contribution in [-0.4, -0.2) is 26.4 Å². The lowest BCUT2D eigenvalue weighted by Gasteiger charge is -2.22. The highest BCUT2D eigenvalue weighted by atomic mass is 16.5. The zero-order valence-corrected chi connectivity index (χ0v) is 12.7. The minimum absolute atomic E-state index is 0.255. The molecule has 0 saturated heterocycles. The minimum Gasteiger partial charge on any atom is -0.497 e. The van der Waals surface area contributed by atoms with E-state index < -0.39 is 0 Å². The van der Waals surface area contributed by atoms with Crippen molar-refractivity contribution in [2.45, 2.75) is 51.2 Å². The average Bonchev–Trinajstić information content (AvgIpc) is 3.01. The lowest BCUT2D eigenvalue weighted by atomic mass is 10.1. The first-order chi connectivity index (χ1) is 9.83. The zero-order chi connectivity index (χ0) is 14.2. The Kier molecular flexibility index (Phi) is 6.34. The predicted octanol–water partition coefficient (Wildman–Crippen LogP) is 3.70. The van der Waals surface area contributed by atoms with E-state index in [1.807, 2.05) is 12.1 Å². The summed E-state index contributed by atoms with van der Waals surface area (Å²) in [5, 5.41) is 3.58. The van der Waals surface area contributed by atoms with Crippen LogP contribution in [0.5, 0.6) is 5.75 Å². The Morgan fingerprint density at radius 1 is 1.30 bits per heavy atom. The highest BCUT2D eigenvalue weighted by Crippen LogP contribution is 2.24. The molecule has 1 aromatic rings. The number of nitrogens with one attached hydrogen (secondary N) is 1. The second-order valence-corrected chi connectivity index (χ2v) is 5.52. The average molecular weight is 277 g/mol. The van der Waals surface area contributed by atoms with Crippen molar-refractivity contribution in [3.63, 3.8) is 0 Å². The number of methoxy groups -OCH3 is 1. The molecule has 1 aromatic carbocycles. The van der Waals surface area contributed by atoms with E-state index in [0.717, 1.165) is 25.3 Å². The van der Waals surface area contributed by atoms with E-state index >= 15 is 0 Å². The first-order valence-corrected chi connectivity index (χ1v) is 7.82. The molecule has 1 atom stereocenters. The molecule has 20 heavy (non-hydrogen) atoms. The third-order valence-electron chi connectivity index (χ3n) is 3.94. The summed E-state index contributed by atoms with van der Waals surface area (Å²) in [5.74, 6) is 0.909. The molecule has 1 fully saturated rings. The lowest BCUT2D eigenvalue weighted by Crippen LogP contribution is -2.28. The number of benzene rings is 1.